The number of halogens is 2. The molecule has 142 valence electrons. The molecular formula is C18H17F2N3O4. The molecule has 3 aromatic rings. The van der Waals surface area contributed by atoms with Gasteiger partial charge >= 0.3 is 12.3 Å². The first-order valence-corrected chi connectivity index (χ1v) is 8.03. The summed E-state index contributed by atoms with van der Waals surface area (Å²) in [6.45, 7) is -1.27. The summed E-state index contributed by atoms with van der Waals surface area (Å²) in [5, 5.41) is 2.78. The molecule has 3 N–H and O–H groups in total. The second-order valence-electron chi connectivity index (χ2n) is 5.82. The van der Waals surface area contributed by atoms with E-state index in [1.165, 1.54) is 25.3 Å². The van der Waals surface area contributed by atoms with Crippen molar-refractivity contribution >= 4 is 16.9 Å². The third-order valence-corrected chi connectivity index (χ3v) is 4.03. The van der Waals surface area contributed by atoms with Crippen LogP contribution in [0.5, 0.6) is 11.5 Å². The van der Waals surface area contributed by atoms with Crippen molar-refractivity contribution in [2.75, 3.05) is 7.11 Å². The number of alkyl halides is 2. The second-order valence-corrected chi connectivity index (χ2v) is 5.82. The van der Waals surface area contributed by atoms with E-state index in [2.05, 4.69) is 20.0 Å². The van der Waals surface area contributed by atoms with E-state index in [4.69, 9.17) is 4.74 Å². The zero-order valence-corrected chi connectivity index (χ0v) is 14.5. The Bertz CT molecular complexity index is 1030. The molecule has 0 aliphatic heterocycles. The molecule has 1 unspecified atom stereocenters. The van der Waals surface area contributed by atoms with E-state index in [-0.39, 0.29) is 28.8 Å². The van der Waals surface area contributed by atoms with Crippen molar-refractivity contribution < 1.29 is 23.0 Å². The molecule has 0 radical (unpaired) electrons. The first kappa shape index (κ1) is 18.4. The topological polar surface area (TPSA) is 96.2 Å². The minimum absolute atomic E-state index is 0.0989. The van der Waals surface area contributed by atoms with Crippen LogP contribution in [0.25, 0.3) is 11.0 Å². The molecule has 0 bridgehead atoms. The number of methoxy groups -OCH3 is 1. The van der Waals surface area contributed by atoms with Gasteiger partial charge in [0.25, 0.3) is 5.91 Å². The Labute approximate surface area is 152 Å². The van der Waals surface area contributed by atoms with Gasteiger partial charge in [0.05, 0.1) is 24.2 Å². The molecular weight excluding hydrogens is 360 g/mol. The van der Waals surface area contributed by atoms with Crippen LogP contribution >= 0.6 is 0 Å². The average Bonchev–Trinajstić information content (AvgIpc) is 3.00. The summed E-state index contributed by atoms with van der Waals surface area (Å²) in [5.74, 6) is -0.590. The number of aromatic nitrogens is 2. The molecule has 0 fully saturated rings. The quantitative estimate of drug-likeness (QED) is 0.615. The van der Waals surface area contributed by atoms with Crippen LogP contribution in [0.2, 0.25) is 0 Å². The van der Waals surface area contributed by atoms with E-state index in [1.54, 1.807) is 25.1 Å². The molecule has 1 aromatic heterocycles. The summed E-state index contributed by atoms with van der Waals surface area (Å²) in [5.41, 5.74) is 1.88. The fraction of sp³-hybridized carbons (Fsp3) is 0.222. The lowest BCUT2D eigenvalue weighted by atomic mass is 10.1. The van der Waals surface area contributed by atoms with Gasteiger partial charge in [-0.25, -0.2) is 4.79 Å². The van der Waals surface area contributed by atoms with E-state index in [9.17, 15) is 18.4 Å². The number of amides is 1. The monoisotopic (exact) mass is 377 g/mol. The van der Waals surface area contributed by atoms with Gasteiger partial charge in [-0.2, -0.15) is 8.78 Å². The van der Waals surface area contributed by atoms with Crippen molar-refractivity contribution in [3.8, 4) is 11.5 Å². The molecule has 1 amide bonds. The number of nitrogens with one attached hydrogen (secondary N) is 3. The number of benzene rings is 2. The molecule has 0 aliphatic rings. The lowest BCUT2D eigenvalue weighted by Gasteiger charge is -2.16. The van der Waals surface area contributed by atoms with Gasteiger partial charge in [0.15, 0.2) is 11.5 Å². The standard InChI is InChI=1S/C18H17F2N3O4/c1-9(10-3-5-12-13(7-10)23-18(25)22-12)21-16(24)11-4-6-14(26-2)15(8-11)27-17(19)20/h3-9,17H,1-2H3,(H,21,24)(H2,22,23,25). The van der Waals surface area contributed by atoms with Crippen LogP contribution in [0.1, 0.15) is 28.9 Å². The van der Waals surface area contributed by atoms with Gasteiger partial charge in [0.2, 0.25) is 0 Å². The lowest BCUT2D eigenvalue weighted by Crippen LogP contribution is -2.26. The van der Waals surface area contributed by atoms with E-state index in [0.717, 1.165) is 5.56 Å². The first-order chi connectivity index (χ1) is 12.9. The molecule has 1 heterocycles. The second kappa shape index (κ2) is 7.48. The van der Waals surface area contributed by atoms with Crippen molar-refractivity contribution in [3.05, 3.63) is 58.0 Å². The highest BCUT2D eigenvalue weighted by Crippen LogP contribution is 2.29. The molecule has 9 heteroatoms. The molecule has 0 saturated carbocycles. The highest BCUT2D eigenvalue weighted by atomic mass is 19.3. The van der Waals surface area contributed by atoms with Gasteiger partial charge in [-0.15, -0.1) is 0 Å². The molecule has 0 aliphatic carbocycles. The Kier molecular flexibility index (Phi) is 5.11. The molecule has 7 nitrogen and oxygen atoms in total. The third kappa shape index (κ3) is 4.08. The van der Waals surface area contributed by atoms with Gasteiger partial charge in [-0.3, -0.25) is 4.79 Å². The lowest BCUT2D eigenvalue weighted by molar-refractivity contribution is -0.0512. The van der Waals surface area contributed by atoms with Gasteiger partial charge in [-0.05, 0) is 42.8 Å². The van der Waals surface area contributed by atoms with Gasteiger partial charge in [-0.1, -0.05) is 6.07 Å². The number of hydrogen-bond donors (Lipinski definition) is 3. The predicted octanol–water partition coefficient (Wildman–Crippen LogP) is 2.96. The smallest absolute Gasteiger partial charge is 0.387 e. The number of rotatable bonds is 6. The molecule has 2 aromatic carbocycles. The predicted molar refractivity (Wildman–Crippen MR) is 94.4 cm³/mol. The van der Waals surface area contributed by atoms with E-state index in [0.29, 0.717) is 11.0 Å². The summed E-state index contributed by atoms with van der Waals surface area (Å²) < 4.78 is 34.4. The van der Waals surface area contributed by atoms with Crippen LogP contribution in [0.3, 0.4) is 0 Å². The maximum atomic E-state index is 12.5. The van der Waals surface area contributed by atoms with Crippen LogP contribution < -0.4 is 20.5 Å². The first-order valence-electron chi connectivity index (χ1n) is 8.03. The van der Waals surface area contributed by atoms with Crippen LogP contribution in [0.4, 0.5) is 8.78 Å². The Morgan fingerprint density at radius 3 is 2.52 bits per heavy atom. The molecule has 1 atom stereocenters. The Morgan fingerprint density at radius 1 is 1.07 bits per heavy atom. The third-order valence-electron chi connectivity index (χ3n) is 4.03. The van der Waals surface area contributed by atoms with Crippen LogP contribution in [0.15, 0.2) is 41.2 Å². The number of carbonyl (C=O) groups is 1. The van der Waals surface area contributed by atoms with Crippen molar-refractivity contribution in [2.45, 2.75) is 19.6 Å². The summed E-state index contributed by atoms with van der Waals surface area (Å²) in [6, 6.07) is 8.89. The van der Waals surface area contributed by atoms with Crippen molar-refractivity contribution in [1.29, 1.82) is 0 Å². The van der Waals surface area contributed by atoms with Gasteiger partial charge in [0.1, 0.15) is 0 Å². The largest absolute Gasteiger partial charge is 0.493 e. The molecule has 3 rings (SSSR count). The van der Waals surface area contributed by atoms with Crippen molar-refractivity contribution in [1.82, 2.24) is 15.3 Å². The highest BCUT2D eigenvalue weighted by molar-refractivity contribution is 5.95. The number of H-pyrrole nitrogens is 2. The maximum absolute atomic E-state index is 12.5. The van der Waals surface area contributed by atoms with Crippen LogP contribution in [-0.4, -0.2) is 29.6 Å². The number of ether oxygens (including phenoxy) is 2. The fourth-order valence-electron chi connectivity index (χ4n) is 2.69. The Balaban J connectivity index is 1.79. The van der Waals surface area contributed by atoms with E-state index < -0.39 is 12.5 Å². The van der Waals surface area contributed by atoms with E-state index in [1.807, 2.05) is 0 Å². The zero-order chi connectivity index (χ0) is 19.6. The minimum atomic E-state index is -3.04. The maximum Gasteiger partial charge on any atom is 0.387 e. The summed E-state index contributed by atoms with van der Waals surface area (Å²) in [7, 11) is 1.32. The zero-order valence-electron chi connectivity index (χ0n) is 14.5. The Morgan fingerprint density at radius 2 is 1.81 bits per heavy atom. The van der Waals surface area contributed by atoms with E-state index >= 15 is 0 Å². The minimum Gasteiger partial charge on any atom is -0.493 e. The summed E-state index contributed by atoms with van der Waals surface area (Å²) >= 11 is 0. The fourth-order valence-corrected chi connectivity index (χ4v) is 2.69. The highest BCUT2D eigenvalue weighted by Gasteiger charge is 2.17. The number of aromatic amines is 2. The van der Waals surface area contributed by atoms with Crippen molar-refractivity contribution in [3.63, 3.8) is 0 Å². The number of carbonyl (C=O) groups excluding carboxylic acids is 1. The van der Waals surface area contributed by atoms with Gasteiger partial charge < -0.3 is 24.8 Å². The normalized spacial score (nSPS) is 12.2. The SMILES string of the molecule is COc1ccc(C(=O)NC(C)c2ccc3[nH]c(=O)[nH]c3c2)cc1OC(F)F. The number of fused-ring (bicyclic) bond motifs is 1. The number of imidazole rings is 1. The summed E-state index contributed by atoms with van der Waals surface area (Å²) in [4.78, 5) is 29.1. The van der Waals surface area contributed by atoms with Crippen LogP contribution in [0, 0.1) is 0 Å². The molecule has 0 saturated heterocycles. The average molecular weight is 377 g/mol. The molecule has 0 spiro atoms. The molecule has 27 heavy (non-hydrogen) atoms. The van der Waals surface area contributed by atoms with Crippen LogP contribution in [-0.2, 0) is 0 Å². The number of hydrogen-bond acceptors (Lipinski definition) is 4. The summed E-state index contributed by atoms with van der Waals surface area (Å²) in [6.07, 6.45) is 0. The van der Waals surface area contributed by atoms with Crippen molar-refractivity contribution in [2.24, 2.45) is 0 Å². The Hall–Kier alpha value is -3.36. The van der Waals surface area contributed by atoms with Gasteiger partial charge in [0, 0.05) is 5.56 Å².